The molecule has 0 aliphatic rings. The molecule has 0 atom stereocenters. The van der Waals surface area contributed by atoms with Gasteiger partial charge in [-0.15, -0.1) is 0 Å². The van der Waals surface area contributed by atoms with Crippen LogP contribution in [0.25, 0.3) is 0 Å². The predicted molar refractivity (Wildman–Crippen MR) is 82.7 cm³/mol. The molecule has 0 saturated carbocycles. The number of aromatic nitrogens is 1. The lowest BCUT2D eigenvalue weighted by molar-refractivity contribution is 0.281. The maximum Gasteiger partial charge on any atom is 0.129 e. The molecule has 3 heteroatoms. The fourth-order valence-corrected chi connectivity index (χ4v) is 2.24. The number of anilines is 1. The van der Waals surface area contributed by atoms with Crippen molar-refractivity contribution in [2.45, 2.75) is 32.9 Å². The number of hydrogen-bond donors (Lipinski definition) is 1. The van der Waals surface area contributed by atoms with Crippen LogP contribution in [0.15, 0.2) is 42.5 Å². The van der Waals surface area contributed by atoms with Crippen molar-refractivity contribution in [2.24, 2.45) is 0 Å². The van der Waals surface area contributed by atoms with Crippen LogP contribution in [-0.2, 0) is 19.6 Å². The van der Waals surface area contributed by atoms with Crippen molar-refractivity contribution in [1.29, 1.82) is 0 Å². The lowest BCUT2D eigenvalue weighted by Gasteiger charge is -2.20. The van der Waals surface area contributed by atoms with Gasteiger partial charge >= 0.3 is 0 Å². The van der Waals surface area contributed by atoms with Crippen molar-refractivity contribution < 1.29 is 5.11 Å². The van der Waals surface area contributed by atoms with E-state index < -0.39 is 0 Å². The van der Waals surface area contributed by atoms with E-state index in [1.54, 1.807) is 0 Å². The molecule has 2 rings (SSSR count). The van der Waals surface area contributed by atoms with E-state index in [9.17, 15) is 5.11 Å². The molecule has 20 heavy (non-hydrogen) atoms. The summed E-state index contributed by atoms with van der Waals surface area (Å²) in [6.07, 6.45) is 2.00. The summed E-state index contributed by atoms with van der Waals surface area (Å²) >= 11 is 0. The topological polar surface area (TPSA) is 36.4 Å². The van der Waals surface area contributed by atoms with Crippen LogP contribution in [0.1, 0.15) is 30.2 Å². The van der Waals surface area contributed by atoms with Crippen molar-refractivity contribution >= 4 is 5.82 Å². The van der Waals surface area contributed by atoms with Crippen LogP contribution in [0.2, 0.25) is 0 Å². The Hall–Kier alpha value is -1.87. The molecule has 1 N–H and O–H groups in total. The summed E-state index contributed by atoms with van der Waals surface area (Å²) in [5, 5.41) is 9.38. The van der Waals surface area contributed by atoms with Gasteiger partial charge in [-0.25, -0.2) is 4.98 Å². The Morgan fingerprint density at radius 1 is 1.10 bits per heavy atom. The summed E-state index contributed by atoms with van der Waals surface area (Å²) in [7, 11) is 2.03. The molecule has 0 spiro atoms. The van der Waals surface area contributed by atoms with Crippen LogP contribution in [0.3, 0.4) is 0 Å². The Labute approximate surface area is 120 Å². The van der Waals surface area contributed by atoms with Crippen molar-refractivity contribution in [1.82, 2.24) is 4.98 Å². The predicted octanol–water partition coefficient (Wildman–Crippen LogP) is 3.16. The highest BCUT2D eigenvalue weighted by atomic mass is 16.3. The van der Waals surface area contributed by atoms with Crippen molar-refractivity contribution in [3.05, 3.63) is 59.3 Å². The third-order valence-corrected chi connectivity index (χ3v) is 3.27. The fourth-order valence-electron chi connectivity index (χ4n) is 2.24. The molecule has 0 unspecified atom stereocenters. The second kappa shape index (κ2) is 7.06. The van der Waals surface area contributed by atoms with E-state index in [0.29, 0.717) is 0 Å². The van der Waals surface area contributed by atoms with E-state index in [2.05, 4.69) is 28.9 Å². The summed E-state index contributed by atoms with van der Waals surface area (Å²) in [4.78, 5) is 6.80. The quantitative estimate of drug-likeness (QED) is 0.876. The molecule has 0 aliphatic heterocycles. The molecule has 3 nitrogen and oxygen atoms in total. The minimum atomic E-state index is 0.0609. The van der Waals surface area contributed by atoms with E-state index in [0.717, 1.165) is 36.5 Å². The average Bonchev–Trinajstić information content (AvgIpc) is 2.48. The molecular formula is C17H22N2O. The number of aryl methyl sites for hydroxylation is 1. The highest BCUT2D eigenvalue weighted by molar-refractivity contribution is 5.42. The number of rotatable bonds is 6. The maximum absolute atomic E-state index is 9.38. The summed E-state index contributed by atoms with van der Waals surface area (Å²) in [6.45, 7) is 3.01. The van der Waals surface area contributed by atoms with E-state index in [1.165, 1.54) is 5.56 Å². The molecule has 0 saturated heterocycles. The Kier molecular flexibility index (Phi) is 5.13. The van der Waals surface area contributed by atoms with Gasteiger partial charge in [-0.3, -0.25) is 0 Å². The molecule has 1 heterocycles. The highest BCUT2D eigenvalue weighted by Gasteiger charge is 2.07. The number of benzene rings is 1. The zero-order valence-electron chi connectivity index (χ0n) is 12.2. The first-order valence-corrected chi connectivity index (χ1v) is 7.08. The number of aliphatic hydroxyl groups is 1. The summed E-state index contributed by atoms with van der Waals surface area (Å²) in [6, 6.07) is 14.3. The molecule has 2 aromatic rings. The van der Waals surface area contributed by atoms with Crippen LogP contribution >= 0.6 is 0 Å². The minimum absolute atomic E-state index is 0.0609. The van der Waals surface area contributed by atoms with Gasteiger partial charge in [-0.2, -0.15) is 0 Å². The Bertz CT molecular complexity index is 540. The summed E-state index contributed by atoms with van der Waals surface area (Å²) < 4.78 is 0. The Balaban J connectivity index is 2.19. The van der Waals surface area contributed by atoms with Gasteiger partial charge < -0.3 is 10.0 Å². The van der Waals surface area contributed by atoms with Gasteiger partial charge in [0, 0.05) is 19.3 Å². The van der Waals surface area contributed by atoms with Crippen molar-refractivity contribution in [3.8, 4) is 0 Å². The first-order chi connectivity index (χ1) is 9.72. The van der Waals surface area contributed by atoms with Gasteiger partial charge in [-0.1, -0.05) is 43.7 Å². The number of hydrogen-bond acceptors (Lipinski definition) is 3. The molecule has 0 radical (unpaired) electrons. The van der Waals surface area contributed by atoms with Gasteiger partial charge in [0.25, 0.3) is 0 Å². The van der Waals surface area contributed by atoms with Gasteiger partial charge in [0.2, 0.25) is 0 Å². The zero-order chi connectivity index (χ0) is 14.4. The smallest absolute Gasteiger partial charge is 0.129 e. The van der Waals surface area contributed by atoms with Crippen LogP contribution < -0.4 is 4.90 Å². The largest absolute Gasteiger partial charge is 0.392 e. The summed E-state index contributed by atoms with van der Waals surface area (Å²) in [5.74, 6) is 0.920. The van der Waals surface area contributed by atoms with Crippen molar-refractivity contribution in [2.75, 3.05) is 11.9 Å². The lowest BCUT2D eigenvalue weighted by Crippen LogP contribution is -2.18. The average molecular weight is 270 g/mol. The third-order valence-electron chi connectivity index (χ3n) is 3.27. The molecule has 0 aliphatic carbocycles. The first-order valence-electron chi connectivity index (χ1n) is 7.08. The standard InChI is InChI=1S/C17H22N2O/c1-3-7-16-10-15(13-20)11-17(18-16)19(2)12-14-8-5-4-6-9-14/h4-6,8-11,20H,3,7,12-13H2,1-2H3. The number of nitrogens with zero attached hydrogens (tertiary/aromatic N) is 2. The molecule has 1 aromatic carbocycles. The second-order valence-corrected chi connectivity index (χ2v) is 5.07. The third kappa shape index (κ3) is 3.81. The normalized spacial score (nSPS) is 10.6. The molecule has 0 amide bonds. The van der Waals surface area contributed by atoms with Gasteiger partial charge in [0.05, 0.1) is 6.61 Å². The van der Waals surface area contributed by atoms with Crippen LogP contribution in [0.4, 0.5) is 5.82 Å². The second-order valence-electron chi connectivity index (χ2n) is 5.07. The number of aliphatic hydroxyl groups excluding tert-OH is 1. The maximum atomic E-state index is 9.38. The minimum Gasteiger partial charge on any atom is -0.392 e. The zero-order valence-corrected chi connectivity index (χ0v) is 12.2. The molecule has 1 aromatic heterocycles. The molecular weight excluding hydrogens is 248 g/mol. The molecule has 0 fully saturated rings. The highest BCUT2D eigenvalue weighted by Crippen LogP contribution is 2.17. The van der Waals surface area contributed by atoms with Gasteiger partial charge in [0.1, 0.15) is 5.82 Å². The SMILES string of the molecule is CCCc1cc(CO)cc(N(C)Cc2ccccc2)n1. The van der Waals surface area contributed by atoms with E-state index in [4.69, 9.17) is 0 Å². The number of pyridine rings is 1. The molecule has 0 bridgehead atoms. The fraction of sp³-hybridized carbons (Fsp3) is 0.353. The first kappa shape index (κ1) is 14.5. The van der Waals surface area contributed by atoms with E-state index in [1.807, 2.05) is 37.4 Å². The van der Waals surface area contributed by atoms with E-state index in [-0.39, 0.29) is 6.61 Å². The monoisotopic (exact) mass is 270 g/mol. The van der Waals surface area contributed by atoms with Gasteiger partial charge in [-0.05, 0) is 29.7 Å². The Morgan fingerprint density at radius 3 is 2.50 bits per heavy atom. The van der Waals surface area contributed by atoms with Crippen LogP contribution in [0.5, 0.6) is 0 Å². The molecule has 106 valence electrons. The van der Waals surface area contributed by atoms with Gasteiger partial charge in [0.15, 0.2) is 0 Å². The van der Waals surface area contributed by atoms with Crippen molar-refractivity contribution in [3.63, 3.8) is 0 Å². The Morgan fingerprint density at radius 2 is 1.85 bits per heavy atom. The van der Waals surface area contributed by atoms with E-state index >= 15 is 0 Å². The summed E-state index contributed by atoms with van der Waals surface area (Å²) in [5.41, 5.74) is 3.23. The van der Waals surface area contributed by atoms with Crippen LogP contribution in [-0.4, -0.2) is 17.1 Å². The van der Waals surface area contributed by atoms with Crippen LogP contribution in [0, 0.1) is 0 Å². The lowest BCUT2D eigenvalue weighted by atomic mass is 10.1.